The van der Waals surface area contributed by atoms with Crippen molar-refractivity contribution < 1.29 is 19.4 Å². The number of hydrogen-bond donors (Lipinski definition) is 3. The molecule has 0 radical (unpaired) electrons. The Hall–Kier alpha value is -2.24. The smallest absolute Gasteiger partial charge is 0.319 e. The van der Waals surface area contributed by atoms with Crippen LogP contribution in [-0.2, 0) is 4.79 Å². The molecule has 6 nitrogen and oxygen atoms in total. The summed E-state index contributed by atoms with van der Waals surface area (Å²) in [5, 5.41) is 13.9. The molecule has 0 aliphatic rings. The van der Waals surface area contributed by atoms with Gasteiger partial charge in [-0.25, -0.2) is 4.79 Å². The first-order chi connectivity index (χ1) is 9.02. The maximum Gasteiger partial charge on any atom is 0.319 e. The Morgan fingerprint density at radius 2 is 2.16 bits per heavy atom. The van der Waals surface area contributed by atoms with Gasteiger partial charge in [0, 0.05) is 18.3 Å². The van der Waals surface area contributed by atoms with Crippen LogP contribution in [0.25, 0.3) is 0 Å². The summed E-state index contributed by atoms with van der Waals surface area (Å²) in [4.78, 5) is 22.1. The van der Waals surface area contributed by atoms with Gasteiger partial charge in [0.05, 0.1) is 13.0 Å². The summed E-state index contributed by atoms with van der Waals surface area (Å²) < 4.78 is 5.04. The number of amides is 2. The largest absolute Gasteiger partial charge is 0.497 e. The van der Waals surface area contributed by atoms with Crippen molar-refractivity contribution in [3.63, 3.8) is 0 Å². The van der Waals surface area contributed by atoms with Crippen molar-refractivity contribution in [2.24, 2.45) is 5.92 Å². The highest BCUT2D eigenvalue weighted by Crippen LogP contribution is 2.16. The third-order valence-electron chi connectivity index (χ3n) is 2.61. The van der Waals surface area contributed by atoms with E-state index in [1.165, 1.54) is 0 Å². The van der Waals surface area contributed by atoms with Crippen LogP contribution in [0.15, 0.2) is 24.3 Å². The first kappa shape index (κ1) is 14.8. The molecule has 3 N–H and O–H groups in total. The molecule has 0 aliphatic heterocycles. The molecule has 0 aliphatic carbocycles. The normalized spacial score (nSPS) is 11.5. The van der Waals surface area contributed by atoms with E-state index in [4.69, 9.17) is 9.84 Å². The SMILES string of the molecule is COc1cccc(NC(=O)NCCC(C)C(=O)O)c1. The highest BCUT2D eigenvalue weighted by molar-refractivity contribution is 5.89. The van der Waals surface area contributed by atoms with Gasteiger partial charge in [0.2, 0.25) is 0 Å². The summed E-state index contributed by atoms with van der Waals surface area (Å²) in [7, 11) is 1.55. The minimum absolute atomic E-state index is 0.309. The molecule has 1 aromatic rings. The molecule has 0 saturated heterocycles. The number of carboxylic acids is 1. The zero-order valence-corrected chi connectivity index (χ0v) is 11.0. The van der Waals surface area contributed by atoms with Crippen LogP contribution in [-0.4, -0.2) is 30.8 Å². The Bertz CT molecular complexity index is 448. The number of benzene rings is 1. The Labute approximate surface area is 111 Å². The fourth-order valence-corrected chi connectivity index (χ4v) is 1.40. The Morgan fingerprint density at radius 3 is 2.79 bits per heavy atom. The Morgan fingerprint density at radius 1 is 1.42 bits per heavy atom. The van der Waals surface area contributed by atoms with Crippen molar-refractivity contribution in [2.75, 3.05) is 19.0 Å². The Balaban J connectivity index is 2.36. The van der Waals surface area contributed by atoms with Crippen molar-refractivity contribution in [1.29, 1.82) is 0 Å². The highest BCUT2D eigenvalue weighted by atomic mass is 16.5. The maximum absolute atomic E-state index is 11.6. The molecule has 2 amide bonds. The summed E-state index contributed by atoms with van der Waals surface area (Å²) in [6.45, 7) is 1.91. The first-order valence-corrected chi connectivity index (χ1v) is 5.94. The van der Waals surface area contributed by atoms with Crippen LogP contribution in [0.3, 0.4) is 0 Å². The number of nitrogens with one attached hydrogen (secondary N) is 2. The second-order valence-corrected chi connectivity index (χ2v) is 4.14. The van der Waals surface area contributed by atoms with Gasteiger partial charge < -0.3 is 20.5 Å². The molecule has 6 heteroatoms. The number of anilines is 1. The first-order valence-electron chi connectivity index (χ1n) is 5.94. The summed E-state index contributed by atoms with van der Waals surface area (Å²) in [6.07, 6.45) is 0.390. The molecule has 1 unspecified atom stereocenters. The minimum atomic E-state index is -0.866. The zero-order valence-electron chi connectivity index (χ0n) is 11.0. The monoisotopic (exact) mass is 266 g/mol. The van der Waals surface area contributed by atoms with Gasteiger partial charge in [0.1, 0.15) is 5.75 Å². The number of carboxylic acid groups (broad SMARTS) is 1. The van der Waals surface area contributed by atoms with Crippen LogP contribution >= 0.6 is 0 Å². The highest BCUT2D eigenvalue weighted by Gasteiger charge is 2.10. The average Bonchev–Trinajstić information content (AvgIpc) is 2.38. The lowest BCUT2D eigenvalue weighted by molar-refractivity contribution is -0.141. The number of carbonyl (C=O) groups excluding carboxylic acids is 1. The van der Waals surface area contributed by atoms with E-state index in [0.717, 1.165) is 0 Å². The number of urea groups is 1. The second-order valence-electron chi connectivity index (χ2n) is 4.14. The van der Waals surface area contributed by atoms with E-state index in [2.05, 4.69) is 10.6 Å². The van der Waals surface area contributed by atoms with E-state index in [9.17, 15) is 9.59 Å². The van der Waals surface area contributed by atoms with Gasteiger partial charge in [0.15, 0.2) is 0 Å². The molecule has 0 spiro atoms. The summed E-state index contributed by atoms with van der Waals surface area (Å²) >= 11 is 0. The zero-order chi connectivity index (χ0) is 14.3. The van der Waals surface area contributed by atoms with Crippen molar-refractivity contribution in [2.45, 2.75) is 13.3 Å². The van der Waals surface area contributed by atoms with E-state index in [-0.39, 0.29) is 6.03 Å². The molecule has 1 aromatic carbocycles. The molecular weight excluding hydrogens is 248 g/mol. The minimum Gasteiger partial charge on any atom is -0.497 e. The number of aliphatic carboxylic acids is 1. The fraction of sp³-hybridized carbons (Fsp3) is 0.385. The van der Waals surface area contributed by atoms with E-state index < -0.39 is 11.9 Å². The molecular formula is C13H18N2O4. The molecule has 0 fully saturated rings. The number of carbonyl (C=O) groups is 2. The second kappa shape index (κ2) is 7.25. The number of ether oxygens (including phenoxy) is 1. The van der Waals surface area contributed by atoms with Crippen molar-refractivity contribution in [3.05, 3.63) is 24.3 Å². The lowest BCUT2D eigenvalue weighted by Crippen LogP contribution is -2.31. The lowest BCUT2D eigenvalue weighted by atomic mass is 10.1. The number of hydrogen-bond acceptors (Lipinski definition) is 3. The van der Waals surface area contributed by atoms with Crippen LogP contribution in [0, 0.1) is 5.92 Å². The van der Waals surface area contributed by atoms with Crippen LogP contribution in [0.2, 0.25) is 0 Å². The van der Waals surface area contributed by atoms with Gasteiger partial charge in [-0.05, 0) is 18.6 Å². The lowest BCUT2D eigenvalue weighted by Gasteiger charge is -2.10. The standard InChI is InChI=1S/C13H18N2O4/c1-9(12(16)17)6-7-14-13(18)15-10-4-3-5-11(8-10)19-2/h3-5,8-9H,6-7H2,1-2H3,(H,16,17)(H2,14,15,18). The van der Waals surface area contributed by atoms with Crippen LogP contribution < -0.4 is 15.4 Å². The van der Waals surface area contributed by atoms with Crippen LogP contribution in [0.4, 0.5) is 10.5 Å². The molecule has 0 aromatic heterocycles. The molecule has 0 heterocycles. The molecule has 19 heavy (non-hydrogen) atoms. The van der Waals surface area contributed by atoms with E-state index in [1.807, 2.05) is 0 Å². The quantitative estimate of drug-likeness (QED) is 0.734. The topological polar surface area (TPSA) is 87.7 Å². The number of rotatable bonds is 6. The summed E-state index contributed by atoms with van der Waals surface area (Å²) in [5.74, 6) is -0.690. The van der Waals surface area contributed by atoms with E-state index in [0.29, 0.717) is 24.4 Å². The molecule has 0 saturated carbocycles. The van der Waals surface area contributed by atoms with Crippen LogP contribution in [0.5, 0.6) is 5.75 Å². The van der Waals surface area contributed by atoms with Gasteiger partial charge in [-0.1, -0.05) is 13.0 Å². The summed E-state index contributed by atoms with van der Waals surface area (Å²) in [5.41, 5.74) is 0.614. The molecule has 1 rings (SSSR count). The third-order valence-corrected chi connectivity index (χ3v) is 2.61. The van der Waals surface area contributed by atoms with Gasteiger partial charge in [0.25, 0.3) is 0 Å². The predicted molar refractivity (Wildman–Crippen MR) is 71.4 cm³/mol. The van der Waals surface area contributed by atoms with Crippen molar-refractivity contribution in [1.82, 2.24) is 5.32 Å². The van der Waals surface area contributed by atoms with E-state index in [1.54, 1.807) is 38.3 Å². The Kier molecular flexibility index (Phi) is 5.66. The van der Waals surface area contributed by atoms with Crippen molar-refractivity contribution >= 4 is 17.7 Å². The fourth-order valence-electron chi connectivity index (χ4n) is 1.40. The third kappa shape index (κ3) is 5.29. The molecule has 1 atom stereocenters. The average molecular weight is 266 g/mol. The summed E-state index contributed by atoms with van der Waals surface area (Å²) in [6, 6.07) is 6.60. The number of methoxy groups -OCH3 is 1. The molecule has 104 valence electrons. The predicted octanol–water partition coefficient (Wildman–Crippen LogP) is 1.93. The van der Waals surface area contributed by atoms with Gasteiger partial charge in [-0.15, -0.1) is 0 Å². The van der Waals surface area contributed by atoms with Crippen molar-refractivity contribution in [3.8, 4) is 5.75 Å². The molecule has 0 bridgehead atoms. The van der Waals surface area contributed by atoms with Gasteiger partial charge in [-0.2, -0.15) is 0 Å². The maximum atomic E-state index is 11.6. The van der Waals surface area contributed by atoms with Crippen LogP contribution in [0.1, 0.15) is 13.3 Å². The van der Waals surface area contributed by atoms with Gasteiger partial charge in [-0.3, -0.25) is 4.79 Å². The van der Waals surface area contributed by atoms with E-state index >= 15 is 0 Å². The van der Waals surface area contributed by atoms with Gasteiger partial charge >= 0.3 is 12.0 Å².